The predicted octanol–water partition coefficient (Wildman–Crippen LogP) is 4.24. The Labute approximate surface area is 178 Å². The molecule has 3 aromatic carbocycles. The number of rotatable bonds is 8. The third kappa shape index (κ3) is 5.35. The highest BCUT2D eigenvalue weighted by Crippen LogP contribution is 2.31. The summed E-state index contributed by atoms with van der Waals surface area (Å²) < 4.78 is 0. The van der Waals surface area contributed by atoms with Crippen molar-refractivity contribution in [2.45, 2.75) is 25.7 Å². The van der Waals surface area contributed by atoms with Gasteiger partial charge in [0.1, 0.15) is 0 Å². The molecule has 0 fully saturated rings. The van der Waals surface area contributed by atoms with E-state index in [1.807, 2.05) is 61.5 Å². The lowest BCUT2D eigenvalue weighted by atomic mass is 9.76. The van der Waals surface area contributed by atoms with Crippen LogP contribution in [0.25, 0.3) is 0 Å². The zero-order valence-electron chi connectivity index (χ0n) is 17.5. The van der Waals surface area contributed by atoms with Gasteiger partial charge in [-0.1, -0.05) is 78.4 Å². The summed E-state index contributed by atoms with van der Waals surface area (Å²) in [4.78, 5) is 24.7. The smallest absolute Gasteiger partial charge is 0.251 e. The summed E-state index contributed by atoms with van der Waals surface area (Å²) in [5.74, 6) is -0.248. The van der Waals surface area contributed by atoms with Crippen LogP contribution in [0.1, 0.15) is 40.4 Å². The maximum atomic E-state index is 12.5. The van der Waals surface area contributed by atoms with E-state index in [2.05, 4.69) is 41.8 Å². The number of hydrogen-bond acceptors (Lipinski definition) is 2. The Morgan fingerprint density at radius 1 is 0.800 bits per heavy atom. The van der Waals surface area contributed by atoms with Gasteiger partial charge in [-0.25, -0.2) is 0 Å². The first-order valence-corrected chi connectivity index (χ1v) is 10.2. The van der Waals surface area contributed by atoms with Crippen LogP contribution in [0.4, 0.5) is 0 Å². The van der Waals surface area contributed by atoms with E-state index in [4.69, 9.17) is 0 Å². The maximum absolute atomic E-state index is 12.5. The lowest BCUT2D eigenvalue weighted by Gasteiger charge is -2.31. The molecule has 2 amide bonds. The standard InChI is InChI=1S/C26H28N2O2/c1-20-10-9-11-21(18-20)25(30)27-17-16-24(29)28-19-26(2,22-12-5-3-6-13-22)23-14-7-4-8-15-23/h3-15,18H,16-17,19H2,1-2H3,(H,27,30)(H,28,29). The lowest BCUT2D eigenvalue weighted by Crippen LogP contribution is -2.40. The van der Waals surface area contributed by atoms with Crippen LogP contribution < -0.4 is 10.6 Å². The number of benzene rings is 3. The predicted molar refractivity (Wildman–Crippen MR) is 120 cm³/mol. The summed E-state index contributed by atoms with van der Waals surface area (Å²) in [5.41, 5.74) is 3.58. The summed E-state index contributed by atoms with van der Waals surface area (Å²) in [7, 11) is 0. The Kier molecular flexibility index (Phi) is 7.02. The number of carbonyl (C=O) groups excluding carboxylic acids is 2. The minimum Gasteiger partial charge on any atom is -0.355 e. The molecule has 4 heteroatoms. The number of nitrogens with one attached hydrogen (secondary N) is 2. The molecule has 154 valence electrons. The highest BCUT2D eigenvalue weighted by molar-refractivity contribution is 5.94. The number of aryl methyl sites for hydroxylation is 1. The van der Waals surface area contributed by atoms with Gasteiger partial charge >= 0.3 is 0 Å². The van der Waals surface area contributed by atoms with Crippen LogP contribution in [-0.2, 0) is 10.2 Å². The first-order valence-electron chi connectivity index (χ1n) is 10.2. The van der Waals surface area contributed by atoms with Crippen molar-refractivity contribution in [2.75, 3.05) is 13.1 Å². The van der Waals surface area contributed by atoms with Crippen molar-refractivity contribution in [2.24, 2.45) is 0 Å². The van der Waals surface area contributed by atoms with Crippen molar-refractivity contribution in [3.63, 3.8) is 0 Å². The van der Waals surface area contributed by atoms with E-state index < -0.39 is 0 Å². The highest BCUT2D eigenvalue weighted by Gasteiger charge is 2.29. The fourth-order valence-corrected chi connectivity index (χ4v) is 3.52. The molecule has 3 rings (SSSR count). The Hall–Kier alpha value is -3.40. The van der Waals surface area contributed by atoms with Gasteiger partial charge in [0.15, 0.2) is 0 Å². The maximum Gasteiger partial charge on any atom is 0.251 e. The van der Waals surface area contributed by atoms with Crippen molar-refractivity contribution in [3.05, 3.63) is 107 Å². The monoisotopic (exact) mass is 400 g/mol. The number of carbonyl (C=O) groups is 2. The molecule has 0 saturated carbocycles. The molecule has 0 radical (unpaired) electrons. The zero-order valence-corrected chi connectivity index (χ0v) is 17.5. The second-order valence-electron chi connectivity index (χ2n) is 7.72. The summed E-state index contributed by atoms with van der Waals surface area (Å²) in [6.45, 7) is 4.86. The van der Waals surface area contributed by atoms with Gasteiger partial charge in [0, 0.05) is 30.5 Å². The van der Waals surface area contributed by atoms with Crippen molar-refractivity contribution in [3.8, 4) is 0 Å². The SMILES string of the molecule is Cc1cccc(C(=O)NCCC(=O)NCC(C)(c2ccccc2)c2ccccc2)c1. The van der Waals surface area contributed by atoms with E-state index in [9.17, 15) is 9.59 Å². The Balaban J connectivity index is 1.58. The van der Waals surface area contributed by atoms with Gasteiger partial charge in [0.2, 0.25) is 5.91 Å². The van der Waals surface area contributed by atoms with E-state index in [0.29, 0.717) is 18.7 Å². The minimum atomic E-state index is -0.344. The molecule has 0 bridgehead atoms. The van der Waals surface area contributed by atoms with Crippen LogP contribution >= 0.6 is 0 Å². The van der Waals surface area contributed by atoms with Crippen molar-refractivity contribution in [1.29, 1.82) is 0 Å². The van der Waals surface area contributed by atoms with E-state index in [0.717, 1.165) is 16.7 Å². The molecule has 0 saturated heterocycles. The van der Waals surface area contributed by atoms with Crippen LogP contribution in [0.2, 0.25) is 0 Å². The van der Waals surface area contributed by atoms with Gasteiger partial charge in [-0.3, -0.25) is 9.59 Å². The summed E-state index contributed by atoms with van der Waals surface area (Å²) in [6.07, 6.45) is 0.233. The number of amides is 2. The van der Waals surface area contributed by atoms with Crippen LogP contribution in [-0.4, -0.2) is 24.9 Å². The minimum absolute atomic E-state index is 0.0855. The summed E-state index contributed by atoms with van der Waals surface area (Å²) in [5, 5.41) is 5.87. The Morgan fingerprint density at radius 2 is 1.40 bits per heavy atom. The van der Waals surface area contributed by atoms with Gasteiger partial charge in [-0.2, -0.15) is 0 Å². The van der Waals surface area contributed by atoms with Crippen molar-refractivity contribution < 1.29 is 9.59 Å². The Morgan fingerprint density at radius 3 is 1.97 bits per heavy atom. The van der Waals surface area contributed by atoms with E-state index in [-0.39, 0.29) is 23.7 Å². The molecule has 3 aromatic rings. The normalized spacial score (nSPS) is 11.0. The fraction of sp³-hybridized carbons (Fsp3) is 0.231. The van der Waals surface area contributed by atoms with E-state index in [1.165, 1.54) is 0 Å². The van der Waals surface area contributed by atoms with Crippen molar-refractivity contribution >= 4 is 11.8 Å². The first-order chi connectivity index (χ1) is 14.5. The second-order valence-corrected chi connectivity index (χ2v) is 7.72. The molecule has 4 nitrogen and oxygen atoms in total. The molecule has 0 unspecified atom stereocenters. The molecule has 0 aliphatic carbocycles. The van der Waals surface area contributed by atoms with Crippen LogP contribution in [0, 0.1) is 6.92 Å². The lowest BCUT2D eigenvalue weighted by molar-refractivity contribution is -0.121. The molecule has 2 N–H and O–H groups in total. The van der Waals surface area contributed by atoms with Gasteiger partial charge in [-0.15, -0.1) is 0 Å². The Bertz CT molecular complexity index is 945. The third-order valence-corrected chi connectivity index (χ3v) is 5.38. The molecular weight excluding hydrogens is 372 g/mol. The molecule has 0 aliphatic rings. The van der Waals surface area contributed by atoms with Gasteiger partial charge in [0.05, 0.1) is 0 Å². The summed E-state index contributed by atoms with van der Waals surface area (Å²) >= 11 is 0. The third-order valence-electron chi connectivity index (χ3n) is 5.38. The van der Waals surface area contributed by atoms with Crippen molar-refractivity contribution in [1.82, 2.24) is 10.6 Å². The zero-order chi connectivity index (χ0) is 21.4. The first kappa shape index (κ1) is 21.3. The number of hydrogen-bond donors (Lipinski definition) is 2. The molecule has 0 atom stereocenters. The molecule has 0 aliphatic heterocycles. The summed E-state index contributed by atoms with van der Waals surface area (Å²) in [6, 6.07) is 27.8. The van der Waals surface area contributed by atoms with E-state index in [1.54, 1.807) is 6.07 Å². The average molecular weight is 401 g/mol. The van der Waals surface area contributed by atoms with Gasteiger partial charge < -0.3 is 10.6 Å². The van der Waals surface area contributed by atoms with Crippen LogP contribution in [0.3, 0.4) is 0 Å². The fourth-order valence-electron chi connectivity index (χ4n) is 3.52. The molecule has 0 spiro atoms. The van der Waals surface area contributed by atoms with Crippen LogP contribution in [0.15, 0.2) is 84.9 Å². The quantitative estimate of drug-likeness (QED) is 0.594. The van der Waals surface area contributed by atoms with Gasteiger partial charge in [0.25, 0.3) is 5.91 Å². The average Bonchev–Trinajstić information content (AvgIpc) is 2.78. The second kappa shape index (κ2) is 9.88. The molecule has 0 aromatic heterocycles. The van der Waals surface area contributed by atoms with Crippen LogP contribution in [0.5, 0.6) is 0 Å². The molecule has 30 heavy (non-hydrogen) atoms. The molecule has 0 heterocycles. The molecular formula is C26H28N2O2. The topological polar surface area (TPSA) is 58.2 Å². The van der Waals surface area contributed by atoms with E-state index >= 15 is 0 Å². The largest absolute Gasteiger partial charge is 0.355 e. The highest BCUT2D eigenvalue weighted by atomic mass is 16.2. The van der Waals surface area contributed by atoms with Gasteiger partial charge in [-0.05, 0) is 37.1 Å².